The normalized spacial score (nSPS) is 8.91. The van der Waals surface area contributed by atoms with Gasteiger partial charge in [0.25, 0.3) is 0 Å². The molecule has 0 unspecified atom stereocenters. The van der Waals surface area contributed by atoms with Gasteiger partial charge in [0.15, 0.2) is 0 Å². The molecule has 0 rings (SSSR count). The summed E-state index contributed by atoms with van der Waals surface area (Å²) in [5.74, 6) is -4.59. The molecule has 0 fully saturated rings. The Hall–Kier alpha value is -0.463. The van der Waals surface area contributed by atoms with E-state index < -0.39 is 17.9 Å². The Kier molecular flexibility index (Phi) is 7.48. The second kappa shape index (κ2) is 6.26. The first-order valence-corrected chi connectivity index (χ1v) is 3.01. The first-order valence-electron chi connectivity index (χ1n) is 3.01. The molecule has 0 atom stereocenters. The van der Waals surface area contributed by atoms with Crippen molar-refractivity contribution in [2.45, 2.75) is 19.8 Å². The third-order valence-corrected chi connectivity index (χ3v) is 1.15. The fourth-order valence-corrected chi connectivity index (χ4v) is 0.621. The van der Waals surface area contributed by atoms with Gasteiger partial charge in [0.2, 0.25) is 0 Å². The van der Waals surface area contributed by atoms with Crippen LogP contribution in [0.5, 0.6) is 0 Å². The molecule has 0 aromatic rings. The maximum Gasteiger partial charge on any atom is 1.00 e. The summed E-state index contributed by atoms with van der Waals surface area (Å²) in [6.07, 6.45) is 0.567. The number of carboxylic acids is 2. The van der Waals surface area contributed by atoms with E-state index in [2.05, 4.69) is 0 Å². The van der Waals surface area contributed by atoms with E-state index in [9.17, 15) is 19.8 Å². The fraction of sp³-hybridized carbons (Fsp3) is 0.667. The topological polar surface area (TPSA) is 80.3 Å². The van der Waals surface area contributed by atoms with E-state index in [0.717, 1.165) is 0 Å². The number of carbonyl (C=O) groups is 2. The molecule has 5 heteroatoms. The van der Waals surface area contributed by atoms with Crippen molar-refractivity contribution in [1.29, 1.82) is 0 Å². The summed E-state index contributed by atoms with van der Waals surface area (Å²) in [7, 11) is 0. The van der Waals surface area contributed by atoms with Crippen LogP contribution in [-0.2, 0) is 9.59 Å². The van der Waals surface area contributed by atoms with Crippen LogP contribution in [0.25, 0.3) is 0 Å². The minimum atomic E-state index is -1.57. The average molecular weight is 152 g/mol. The van der Waals surface area contributed by atoms with Crippen molar-refractivity contribution in [2.24, 2.45) is 5.92 Å². The fourth-order valence-electron chi connectivity index (χ4n) is 0.621. The summed E-state index contributed by atoms with van der Waals surface area (Å²) in [4.78, 5) is 20.0. The maximum absolute atomic E-state index is 10.00. The van der Waals surface area contributed by atoms with Gasteiger partial charge >= 0.3 is 20.3 Å². The van der Waals surface area contributed by atoms with Gasteiger partial charge in [-0.3, -0.25) is 0 Å². The van der Waals surface area contributed by atoms with Crippen molar-refractivity contribution in [1.82, 2.24) is 0 Å². The molecule has 0 heterocycles. The molecule has 0 aliphatic rings. The van der Waals surface area contributed by atoms with Gasteiger partial charge in [-0.05, 0) is 6.42 Å². The Morgan fingerprint density at radius 3 is 1.82 bits per heavy atom. The van der Waals surface area contributed by atoms with Gasteiger partial charge in [-0.1, -0.05) is 13.3 Å². The second-order valence-electron chi connectivity index (χ2n) is 1.98. The van der Waals surface area contributed by atoms with E-state index >= 15 is 0 Å². The predicted octanol–water partition coefficient (Wildman–Crippen LogP) is -4.98. The molecule has 0 radical (unpaired) electrons. The van der Waals surface area contributed by atoms with Crippen molar-refractivity contribution in [3.8, 4) is 0 Å². The molecular formula is C6H9LiO4. The molecule has 0 aliphatic heterocycles. The molecule has 0 N–H and O–H groups in total. The first kappa shape index (κ1) is 13.2. The zero-order valence-corrected chi connectivity index (χ0v) is 6.62. The van der Waals surface area contributed by atoms with Crippen molar-refractivity contribution in [3.05, 3.63) is 0 Å². The number of carbonyl (C=O) groups excluding carboxylic acids is 2. The van der Waals surface area contributed by atoms with E-state index in [0.29, 0.717) is 6.42 Å². The van der Waals surface area contributed by atoms with Crippen LogP contribution >= 0.6 is 0 Å². The van der Waals surface area contributed by atoms with Crippen LogP contribution in [0.2, 0.25) is 0 Å². The van der Waals surface area contributed by atoms with Gasteiger partial charge < -0.3 is 19.8 Å². The van der Waals surface area contributed by atoms with Crippen LogP contribution < -0.4 is 29.1 Å². The Balaban J connectivity index is -0.000000405. The van der Waals surface area contributed by atoms with Gasteiger partial charge in [0.1, 0.15) is 0 Å². The summed E-state index contributed by atoms with van der Waals surface area (Å²) < 4.78 is 0. The number of hydrogen-bond acceptors (Lipinski definition) is 4. The van der Waals surface area contributed by atoms with E-state index in [1.807, 2.05) is 0 Å². The summed E-state index contributed by atoms with van der Waals surface area (Å²) in [5.41, 5.74) is 0. The SMILES string of the molecule is CCCC(C(=O)[O-])C(=O)[O-].[H+].[Li+]. The molecule has 0 spiro atoms. The summed E-state index contributed by atoms with van der Waals surface area (Å²) >= 11 is 0. The van der Waals surface area contributed by atoms with E-state index in [-0.39, 0.29) is 26.7 Å². The van der Waals surface area contributed by atoms with Crippen molar-refractivity contribution in [3.63, 3.8) is 0 Å². The quantitative estimate of drug-likeness (QED) is 0.298. The molecule has 0 aromatic carbocycles. The molecule has 0 aliphatic carbocycles. The zero-order chi connectivity index (χ0) is 8.15. The third-order valence-electron chi connectivity index (χ3n) is 1.15. The first-order chi connectivity index (χ1) is 4.59. The summed E-state index contributed by atoms with van der Waals surface area (Å²) in [6, 6.07) is 0. The van der Waals surface area contributed by atoms with Crippen LogP contribution in [0.1, 0.15) is 21.2 Å². The Morgan fingerprint density at radius 2 is 1.73 bits per heavy atom. The number of carboxylic acid groups (broad SMARTS) is 2. The van der Waals surface area contributed by atoms with E-state index in [1.165, 1.54) is 0 Å². The van der Waals surface area contributed by atoms with Crippen LogP contribution in [-0.4, -0.2) is 11.9 Å². The number of hydrogen-bond donors (Lipinski definition) is 0. The minimum Gasteiger partial charge on any atom is -0.549 e. The monoisotopic (exact) mass is 152 g/mol. The molecule has 11 heavy (non-hydrogen) atoms. The molecule has 0 saturated heterocycles. The van der Waals surface area contributed by atoms with Crippen molar-refractivity contribution >= 4 is 11.9 Å². The standard InChI is InChI=1S/C6H10O4.Li/c1-2-3-4(5(7)8)6(9)10;/h4H,2-3H2,1H3,(H,7,8)(H,9,10);/q;+1/p-1. The largest absolute Gasteiger partial charge is 1.00 e. The van der Waals surface area contributed by atoms with Gasteiger partial charge in [-0.2, -0.15) is 0 Å². The molecule has 4 nitrogen and oxygen atoms in total. The van der Waals surface area contributed by atoms with Crippen molar-refractivity contribution < 1.29 is 40.1 Å². The molecule has 0 aromatic heterocycles. The summed E-state index contributed by atoms with van der Waals surface area (Å²) in [5, 5.41) is 20.0. The van der Waals surface area contributed by atoms with E-state index in [1.54, 1.807) is 6.92 Å². The smallest absolute Gasteiger partial charge is 0.549 e. The average Bonchev–Trinajstić information content (AvgIpc) is 1.81. The molecule has 58 valence electrons. The molecular weight excluding hydrogens is 143 g/mol. The van der Waals surface area contributed by atoms with Crippen LogP contribution in [0, 0.1) is 5.92 Å². The van der Waals surface area contributed by atoms with Crippen LogP contribution in [0.4, 0.5) is 0 Å². The number of aliphatic carboxylic acids is 2. The number of rotatable bonds is 4. The van der Waals surface area contributed by atoms with Crippen LogP contribution in [0.15, 0.2) is 0 Å². The van der Waals surface area contributed by atoms with Crippen LogP contribution in [0.3, 0.4) is 0 Å². The minimum absolute atomic E-state index is 0. The molecule has 0 bridgehead atoms. The Morgan fingerprint density at radius 1 is 1.36 bits per heavy atom. The predicted molar refractivity (Wildman–Crippen MR) is 29.5 cm³/mol. The molecule has 0 saturated carbocycles. The zero-order valence-electron chi connectivity index (χ0n) is 7.62. The Labute approximate surface area is 78.3 Å². The molecule has 0 amide bonds. The van der Waals surface area contributed by atoms with Gasteiger partial charge in [-0.15, -0.1) is 0 Å². The summed E-state index contributed by atoms with van der Waals surface area (Å²) in [6.45, 7) is 1.69. The Bertz CT molecular complexity index is 136. The van der Waals surface area contributed by atoms with Gasteiger partial charge in [0, 0.05) is 5.92 Å². The van der Waals surface area contributed by atoms with Gasteiger partial charge in [0.05, 0.1) is 11.9 Å². The van der Waals surface area contributed by atoms with Gasteiger partial charge in [-0.25, -0.2) is 0 Å². The maximum atomic E-state index is 10.00. The van der Waals surface area contributed by atoms with Crippen molar-refractivity contribution in [2.75, 3.05) is 0 Å². The van der Waals surface area contributed by atoms with E-state index in [4.69, 9.17) is 0 Å². The second-order valence-corrected chi connectivity index (χ2v) is 1.98. The third kappa shape index (κ3) is 4.88.